The highest BCUT2D eigenvalue weighted by atomic mass is 16.2. The summed E-state index contributed by atoms with van der Waals surface area (Å²) in [6.07, 6.45) is 7.70. The van der Waals surface area contributed by atoms with Gasteiger partial charge in [0.05, 0.1) is 23.7 Å². The zero-order valence-electron chi connectivity index (χ0n) is 15.1. The highest BCUT2D eigenvalue weighted by molar-refractivity contribution is 5.94. The van der Waals surface area contributed by atoms with Crippen molar-refractivity contribution in [2.75, 3.05) is 26.2 Å². The molecule has 2 aromatic rings. The van der Waals surface area contributed by atoms with Crippen LogP contribution < -0.4 is 0 Å². The molecule has 0 aliphatic carbocycles. The fourth-order valence-corrected chi connectivity index (χ4v) is 3.20. The van der Waals surface area contributed by atoms with E-state index in [9.17, 15) is 4.79 Å². The molecule has 2 aromatic heterocycles. The third-order valence-corrected chi connectivity index (χ3v) is 4.44. The monoisotopic (exact) mass is 342 g/mol. The van der Waals surface area contributed by atoms with Gasteiger partial charge in [0.1, 0.15) is 0 Å². The number of amides is 1. The fraction of sp³-hybridized carbons (Fsp3) is 0.556. The Bertz CT molecular complexity index is 713. The predicted octanol–water partition coefficient (Wildman–Crippen LogP) is 1.74. The van der Waals surface area contributed by atoms with E-state index in [1.165, 1.54) is 5.56 Å². The predicted molar refractivity (Wildman–Crippen MR) is 95.1 cm³/mol. The van der Waals surface area contributed by atoms with Crippen LogP contribution in [0.15, 0.2) is 24.7 Å². The lowest BCUT2D eigenvalue weighted by Gasteiger charge is -2.21. The summed E-state index contributed by atoms with van der Waals surface area (Å²) in [5, 5.41) is 12.2. The molecule has 7 heteroatoms. The Kier molecular flexibility index (Phi) is 5.75. The van der Waals surface area contributed by atoms with Gasteiger partial charge in [-0.25, -0.2) is 0 Å². The highest BCUT2D eigenvalue weighted by Crippen LogP contribution is 2.12. The lowest BCUT2D eigenvalue weighted by Crippen LogP contribution is -2.35. The number of rotatable bonds is 5. The summed E-state index contributed by atoms with van der Waals surface area (Å²) in [6.45, 7) is 9.26. The first-order chi connectivity index (χ1) is 12.2. The summed E-state index contributed by atoms with van der Waals surface area (Å²) in [5.74, 6) is 0.0515. The molecule has 1 saturated heterocycles. The second-order valence-corrected chi connectivity index (χ2v) is 6.62. The van der Waals surface area contributed by atoms with Gasteiger partial charge in [-0.2, -0.15) is 15.3 Å². The molecule has 0 N–H and O–H groups in total. The van der Waals surface area contributed by atoms with Crippen LogP contribution in [0.25, 0.3) is 0 Å². The molecule has 1 aliphatic rings. The van der Waals surface area contributed by atoms with Gasteiger partial charge in [0, 0.05) is 51.0 Å². The van der Waals surface area contributed by atoms with E-state index < -0.39 is 0 Å². The van der Waals surface area contributed by atoms with Crippen LogP contribution >= 0.6 is 0 Å². The molecule has 25 heavy (non-hydrogen) atoms. The first-order valence-corrected chi connectivity index (χ1v) is 8.98. The van der Waals surface area contributed by atoms with Gasteiger partial charge >= 0.3 is 0 Å². The third kappa shape index (κ3) is 4.63. The Morgan fingerprint density at radius 1 is 1.20 bits per heavy atom. The van der Waals surface area contributed by atoms with Crippen molar-refractivity contribution in [1.29, 1.82) is 0 Å². The van der Waals surface area contributed by atoms with E-state index in [0.29, 0.717) is 5.56 Å². The van der Waals surface area contributed by atoms with E-state index in [2.05, 4.69) is 33.3 Å². The molecular formula is C18H26N6O. The Morgan fingerprint density at radius 3 is 2.88 bits per heavy atom. The molecule has 1 fully saturated rings. The summed E-state index contributed by atoms with van der Waals surface area (Å²) >= 11 is 0. The largest absolute Gasteiger partial charge is 0.337 e. The van der Waals surface area contributed by atoms with Crippen LogP contribution in [0, 0.1) is 6.92 Å². The first-order valence-electron chi connectivity index (χ1n) is 8.98. The number of aromatic nitrogens is 4. The van der Waals surface area contributed by atoms with Crippen LogP contribution in [0.4, 0.5) is 0 Å². The molecular weight excluding hydrogens is 316 g/mol. The van der Waals surface area contributed by atoms with Crippen LogP contribution in [0.1, 0.15) is 41.4 Å². The zero-order chi connectivity index (χ0) is 17.6. The lowest BCUT2D eigenvalue weighted by molar-refractivity contribution is 0.0760. The van der Waals surface area contributed by atoms with Crippen molar-refractivity contribution in [2.24, 2.45) is 0 Å². The van der Waals surface area contributed by atoms with Crippen LogP contribution in [-0.2, 0) is 13.1 Å². The van der Waals surface area contributed by atoms with Crippen LogP contribution in [0.5, 0.6) is 0 Å². The Hall–Kier alpha value is -2.28. The number of carbonyl (C=O) groups is 1. The second kappa shape index (κ2) is 8.20. The smallest absolute Gasteiger partial charge is 0.255 e. The third-order valence-electron chi connectivity index (χ3n) is 4.44. The molecule has 0 saturated carbocycles. The minimum Gasteiger partial charge on any atom is -0.337 e. The van der Waals surface area contributed by atoms with Crippen LogP contribution in [0.3, 0.4) is 0 Å². The zero-order valence-corrected chi connectivity index (χ0v) is 15.1. The maximum atomic E-state index is 12.7. The molecule has 7 nitrogen and oxygen atoms in total. The van der Waals surface area contributed by atoms with Crippen molar-refractivity contribution in [2.45, 2.75) is 39.8 Å². The van der Waals surface area contributed by atoms with Gasteiger partial charge in [0.25, 0.3) is 5.91 Å². The van der Waals surface area contributed by atoms with Gasteiger partial charge < -0.3 is 4.90 Å². The maximum Gasteiger partial charge on any atom is 0.255 e. The Labute approximate surface area is 148 Å². The number of nitrogens with zero attached hydrogens (tertiary/aromatic N) is 6. The van der Waals surface area contributed by atoms with Gasteiger partial charge in [0.2, 0.25) is 0 Å². The second-order valence-electron chi connectivity index (χ2n) is 6.62. The van der Waals surface area contributed by atoms with Crippen LogP contribution in [0.2, 0.25) is 0 Å². The number of carbonyl (C=O) groups excluding carboxylic acids is 1. The van der Waals surface area contributed by atoms with Gasteiger partial charge in [-0.1, -0.05) is 6.92 Å². The van der Waals surface area contributed by atoms with E-state index in [4.69, 9.17) is 0 Å². The summed E-state index contributed by atoms with van der Waals surface area (Å²) in [4.78, 5) is 17.0. The maximum absolute atomic E-state index is 12.7. The van der Waals surface area contributed by atoms with Gasteiger partial charge in [0.15, 0.2) is 0 Å². The molecule has 0 radical (unpaired) electrons. The van der Waals surface area contributed by atoms with E-state index in [1.807, 2.05) is 22.7 Å². The normalized spacial score (nSPS) is 16.0. The summed E-state index contributed by atoms with van der Waals surface area (Å²) in [7, 11) is 0. The van der Waals surface area contributed by atoms with Gasteiger partial charge in [-0.15, -0.1) is 0 Å². The molecule has 0 atom stereocenters. The minimum absolute atomic E-state index is 0.0515. The molecule has 3 heterocycles. The van der Waals surface area contributed by atoms with Crippen molar-refractivity contribution in [3.8, 4) is 0 Å². The minimum atomic E-state index is 0.0515. The average Bonchev–Trinajstić information content (AvgIpc) is 2.90. The van der Waals surface area contributed by atoms with Crippen LogP contribution in [-0.4, -0.2) is 61.9 Å². The van der Waals surface area contributed by atoms with Gasteiger partial charge in [-0.05, 0) is 25.8 Å². The molecule has 0 bridgehead atoms. The quantitative estimate of drug-likeness (QED) is 0.828. The van der Waals surface area contributed by atoms with E-state index >= 15 is 0 Å². The van der Waals surface area contributed by atoms with Crippen molar-refractivity contribution in [3.05, 3.63) is 41.5 Å². The van der Waals surface area contributed by atoms with E-state index in [-0.39, 0.29) is 5.91 Å². The Morgan fingerprint density at radius 2 is 2.08 bits per heavy atom. The number of hydrogen-bond acceptors (Lipinski definition) is 5. The van der Waals surface area contributed by atoms with Crippen molar-refractivity contribution < 1.29 is 4.79 Å². The highest BCUT2D eigenvalue weighted by Gasteiger charge is 2.21. The fourth-order valence-electron chi connectivity index (χ4n) is 3.20. The Balaban J connectivity index is 1.57. The number of hydrogen-bond donors (Lipinski definition) is 0. The first kappa shape index (κ1) is 17.5. The molecule has 0 unspecified atom stereocenters. The van der Waals surface area contributed by atoms with Crippen molar-refractivity contribution in [3.63, 3.8) is 0 Å². The lowest BCUT2D eigenvalue weighted by atomic mass is 10.2. The molecule has 1 aliphatic heterocycles. The average molecular weight is 342 g/mol. The standard InChI is InChI=1S/C18H26N6O/c1-3-5-24-14-16(11-20-24)13-22-6-4-7-23(9-8-22)18(25)17-10-15(2)21-19-12-17/h10-12,14H,3-9,13H2,1-2H3. The number of aryl methyl sites for hydroxylation is 2. The van der Waals surface area contributed by atoms with Gasteiger partial charge in [-0.3, -0.25) is 14.4 Å². The summed E-state index contributed by atoms with van der Waals surface area (Å²) in [5.41, 5.74) is 2.63. The summed E-state index contributed by atoms with van der Waals surface area (Å²) < 4.78 is 2.00. The van der Waals surface area contributed by atoms with Crippen molar-refractivity contribution in [1.82, 2.24) is 29.8 Å². The van der Waals surface area contributed by atoms with Crippen molar-refractivity contribution >= 4 is 5.91 Å². The molecule has 3 rings (SSSR count). The topological polar surface area (TPSA) is 67.2 Å². The van der Waals surface area contributed by atoms with E-state index in [1.54, 1.807) is 12.3 Å². The van der Waals surface area contributed by atoms with E-state index in [0.717, 1.165) is 57.8 Å². The molecule has 134 valence electrons. The SMILES string of the molecule is CCCn1cc(CN2CCCN(C(=O)c3cnnc(C)c3)CC2)cn1. The summed E-state index contributed by atoms with van der Waals surface area (Å²) in [6, 6.07) is 1.81. The molecule has 1 amide bonds. The molecule has 0 aromatic carbocycles. The molecule has 0 spiro atoms.